The highest BCUT2D eigenvalue weighted by Crippen LogP contribution is 2.46. The second kappa shape index (κ2) is 10.3. The van der Waals surface area contributed by atoms with Crippen LogP contribution in [-0.4, -0.2) is 34.9 Å². The lowest BCUT2D eigenvalue weighted by atomic mass is 9.65. The van der Waals surface area contributed by atoms with Gasteiger partial charge in [0.15, 0.2) is 0 Å². The highest BCUT2D eigenvalue weighted by Gasteiger charge is 2.48. The van der Waals surface area contributed by atoms with Crippen molar-refractivity contribution in [2.45, 2.75) is 24.8 Å². The van der Waals surface area contributed by atoms with Crippen LogP contribution >= 0.6 is 0 Å². The summed E-state index contributed by atoms with van der Waals surface area (Å²) >= 11 is 0. The normalized spacial score (nSPS) is 16.4. The number of H-pyrrole nitrogens is 1. The summed E-state index contributed by atoms with van der Waals surface area (Å²) in [6, 6.07) is 19.8. The number of aromatic amines is 1. The van der Waals surface area contributed by atoms with E-state index >= 15 is 0 Å². The van der Waals surface area contributed by atoms with Crippen LogP contribution in [0.1, 0.15) is 41.6 Å². The zero-order valence-corrected chi connectivity index (χ0v) is 20.6. The van der Waals surface area contributed by atoms with Crippen LogP contribution in [0.4, 0.5) is 13.2 Å². The molecule has 9 heteroatoms. The molecule has 0 spiro atoms. The number of hydrogen-bond donors (Lipinski definition) is 1. The van der Waals surface area contributed by atoms with E-state index in [1.807, 2.05) is 37.3 Å². The van der Waals surface area contributed by atoms with Crippen molar-refractivity contribution in [2.24, 2.45) is 5.92 Å². The number of aromatic nitrogens is 2. The first-order chi connectivity index (χ1) is 18.4. The average Bonchev–Trinajstić information content (AvgIpc) is 3.34. The first-order valence-corrected chi connectivity index (χ1v) is 12.3. The molecule has 2 atom stereocenters. The maximum Gasteiger partial charge on any atom is 0.434 e. The molecule has 0 unspecified atom stereocenters. The van der Waals surface area contributed by atoms with Crippen molar-refractivity contribution >= 4 is 0 Å². The fourth-order valence-electron chi connectivity index (χ4n) is 5.47. The summed E-state index contributed by atoms with van der Waals surface area (Å²) in [6.07, 6.45) is 0.389. The van der Waals surface area contributed by atoms with Crippen LogP contribution < -0.4 is 5.76 Å². The summed E-state index contributed by atoms with van der Waals surface area (Å²) in [7, 11) is 0. The second-order valence-corrected chi connectivity index (χ2v) is 9.63. The lowest BCUT2D eigenvalue weighted by Crippen LogP contribution is -2.58. The third kappa shape index (κ3) is 4.63. The molecule has 1 saturated heterocycles. The first-order valence-electron chi connectivity index (χ1n) is 12.3. The van der Waals surface area contributed by atoms with Gasteiger partial charge in [0.25, 0.3) is 0 Å². The Morgan fingerprint density at radius 1 is 1.11 bits per heavy atom. The molecule has 3 aromatic carbocycles. The molecule has 0 radical (unpaired) electrons. The Hall–Kier alpha value is -4.16. The summed E-state index contributed by atoms with van der Waals surface area (Å²) in [4.78, 5) is 13.6. The van der Waals surface area contributed by atoms with Crippen LogP contribution in [0.5, 0.6) is 0 Å². The molecule has 1 aliphatic rings. The van der Waals surface area contributed by atoms with Crippen molar-refractivity contribution in [3.63, 3.8) is 0 Å². The topological polar surface area (TPSA) is 85.9 Å². The quantitative estimate of drug-likeness (QED) is 0.332. The SMILES string of the molecule is CC[C@@](CF)(c1cc(F)cc(F)c1)C1CN([C@@H](c2ccc(C#N)cc2)c2cccc(-c3n[nH]c(=O)o3)c2)C1. The van der Waals surface area contributed by atoms with E-state index in [0.717, 1.165) is 17.2 Å². The van der Waals surface area contributed by atoms with Crippen molar-refractivity contribution in [3.05, 3.63) is 111 Å². The van der Waals surface area contributed by atoms with E-state index < -0.39 is 29.5 Å². The van der Waals surface area contributed by atoms with Crippen molar-refractivity contribution in [3.8, 4) is 17.5 Å². The monoisotopic (exact) mass is 518 g/mol. The van der Waals surface area contributed by atoms with E-state index in [1.54, 1.807) is 18.2 Å². The number of nitrogens with zero attached hydrogens (tertiary/aromatic N) is 3. The van der Waals surface area contributed by atoms with Gasteiger partial charge in [-0.15, -0.1) is 5.10 Å². The molecule has 1 aromatic heterocycles. The molecule has 5 rings (SSSR count). The Morgan fingerprint density at radius 3 is 2.39 bits per heavy atom. The second-order valence-electron chi connectivity index (χ2n) is 9.63. The summed E-state index contributed by atoms with van der Waals surface area (Å²) < 4.78 is 48.0. The molecule has 6 nitrogen and oxygen atoms in total. The predicted molar refractivity (Wildman–Crippen MR) is 135 cm³/mol. The van der Waals surface area contributed by atoms with E-state index in [9.17, 15) is 23.2 Å². The molecular formula is C29H25F3N4O2. The summed E-state index contributed by atoms with van der Waals surface area (Å²) in [5.41, 5.74) is 2.25. The van der Waals surface area contributed by atoms with Crippen LogP contribution in [0.3, 0.4) is 0 Å². The van der Waals surface area contributed by atoms with Crippen molar-refractivity contribution in [1.82, 2.24) is 15.1 Å². The molecule has 0 saturated carbocycles. The number of benzene rings is 3. The zero-order valence-electron chi connectivity index (χ0n) is 20.6. The molecule has 1 aliphatic heterocycles. The maximum absolute atomic E-state index is 14.7. The van der Waals surface area contributed by atoms with Gasteiger partial charge in [-0.05, 0) is 65.4 Å². The highest BCUT2D eigenvalue weighted by atomic mass is 19.1. The number of hydrogen-bond acceptors (Lipinski definition) is 5. The number of nitrogens with one attached hydrogen (secondary N) is 1. The number of likely N-dealkylation sites (tertiary alicyclic amines) is 1. The van der Waals surface area contributed by atoms with Crippen molar-refractivity contribution in [2.75, 3.05) is 19.8 Å². The Kier molecular flexibility index (Phi) is 6.91. The molecule has 0 amide bonds. The van der Waals surface area contributed by atoms with E-state index in [2.05, 4.69) is 21.2 Å². The molecule has 0 aliphatic carbocycles. The Morgan fingerprint density at radius 2 is 1.82 bits per heavy atom. The minimum Gasteiger partial charge on any atom is -0.388 e. The van der Waals surface area contributed by atoms with E-state index in [4.69, 9.17) is 4.42 Å². The molecule has 38 heavy (non-hydrogen) atoms. The summed E-state index contributed by atoms with van der Waals surface area (Å²) in [6.45, 7) is 2.08. The minimum absolute atomic E-state index is 0.160. The van der Waals surface area contributed by atoms with Crippen LogP contribution in [0.25, 0.3) is 11.5 Å². The lowest BCUT2D eigenvalue weighted by molar-refractivity contribution is 0.00311. The van der Waals surface area contributed by atoms with Crippen LogP contribution in [0.15, 0.2) is 75.9 Å². The maximum atomic E-state index is 14.7. The molecule has 1 N–H and O–H groups in total. The van der Waals surface area contributed by atoms with Gasteiger partial charge in [0.2, 0.25) is 5.89 Å². The van der Waals surface area contributed by atoms with Crippen LogP contribution in [-0.2, 0) is 5.41 Å². The van der Waals surface area contributed by atoms with Gasteiger partial charge < -0.3 is 4.42 Å². The van der Waals surface area contributed by atoms with E-state index in [1.165, 1.54) is 12.1 Å². The van der Waals surface area contributed by atoms with E-state index in [0.29, 0.717) is 36.2 Å². The molecule has 4 aromatic rings. The minimum atomic E-state index is -1.02. The summed E-state index contributed by atoms with van der Waals surface area (Å²) in [5, 5.41) is 15.4. The van der Waals surface area contributed by atoms with Gasteiger partial charge in [-0.1, -0.05) is 31.2 Å². The van der Waals surface area contributed by atoms with Gasteiger partial charge in [-0.2, -0.15) is 5.26 Å². The smallest absolute Gasteiger partial charge is 0.388 e. The third-order valence-electron chi connectivity index (χ3n) is 7.61. The van der Waals surface area contributed by atoms with Gasteiger partial charge in [-0.25, -0.2) is 18.7 Å². The molecule has 2 heterocycles. The van der Waals surface area contributed by atoms with Gasteiger partial charge in [0.1, 0.15) is 11.6 Å². The Labute approximate surface area is 217 Å². The van der Waals surface area contributed by atoms with Gasteiger partial charge >= 0.3 is 5.76 Å². The average molecular weight is 519 g/mol. The zero-order chi connectivity index (χ0) is 26.9. The first kappa shape index (κ1) is 25.5. The van der Waals surface area contributed by atoms with Crippen molar-refractivity contribution in [1.29, 1.82) is 5.26 Å². The standard InChI is InChI=1S/C29H25F3N4O2/c1-2-29(17-30,22-11-24(31)13-25(32)12-22)23-15-36(16-23)26(19-8-6-18(14-33)7-9-19)20-4-3-5-21(10-20)27-34-35-28(37)38-27/h3-13,23,26H,2,15-17H2,1H3,(H,35,37)/t26-,29+/m0/s1. The summed E-state index contributed by atoms with van der Waals surface area (Å²) in [5.74, 6) is -2.12. The van der Waals surface area contributed by atoms with Crippen LogP contribution in [0, 0.1) is 28.9 Å². The Bertz CT molecular complexity index is 1510. The highest BCUT2D eigenvalue weighted by molar-refractivity contribution is 5.55. The fourth-order valence-corrected chi connectivity index (χ4v) is 5.47. The number of alkyl halides is 1. The van der Waals surface area contributed by atoms with Gasteiger partial charge in [-0.3, -0.25) is 9.29 Å². The fraction of sp³-hybridized carbons (Fsp3) is 0.276. The third-order valence-corrected chi connectivity index (χ3v) is 7.61. The largest absolute Gasteiger partial charge is 0.434 e. The molecule has 194 valence electrons. The predicted octanol–water partition coefficient (Wildman–Crippen LogP) is 5.52. The van der Waals surface area contributed by atoms with Crippen molar-refractivity contribution < 1.29 is 17.6 Å². The number of nitriles is 1. The van der Waals surface area contributed by atoms with E-state index in [-0.39, 0.29) is 17.9 Å². The number of rotatable bonds is 8. The molecule has 1 fully saturated rings. The molecular weight excluding hydrogens is 493 g/mol. The lowest BCUT2D eigenvalue weighted by Gasteiger charge is -2.52. The van der Waals surface area contributed by atoms with Gasteiger partial charge in [0, 0.05) is 30.1 Å². The van der Waals surface area contributed by atoms with Gasteiger partial charge in [0.05, 0.1) is 24.3 Å². The van der Waals surface area contributed by atoms with Crippen LogP contribution in [0.2, 0.25) is 0 Å². The Balaban J connectivity index is 1.50. The molecule has 0 bridgehead atoms. The number of halogens is 3.